The minimum Gasteiger partial charge on any atom is -0.289 e. The Morgan fingerprint density at radius 2 is 1.79 bits per heavy atom. The summed E-state index contributed by atoms with van der Waals surface area (Å²) in [5.74, 6) is -1.37. The Hall–Kier alpha value is -1.81. The van der Waals surface area contributed by atoms with Crippen LogP contribution in [-0.2, 0) is 0 Å². The Balaban J connectivity index is 2.21. The second-order valence-corrected chi connectivity index (χ2v) is 4.71. The van der Waals surface area contributed by atoms with E-state index in [2.05, 4.69) is 15.9 Å². The largest absolute Gasteiger partial charge is 0.289 e. The average molecular weight is 323 g/mol. The van der Waals surface area contributed by atoms with E-state index in [4.69, 9.17) is 0 Å². The molecule has 0 saturated carbocycles. The van der Waals surface area contributed by atoms with Crippen LogP contribution < -0.4 is 0 Å². The lowest BCUT2D eigenvalue weighted by Gasteiger charge is -1.98. The highest BCUT2D eigenvalue weighted by molar-refractivity contribution is 9.10. The summed E-state index contributed by atoms with van der Waals surface area (Å²) in [4.78, 5) is 11.8. The van der Waals surface area contributed by atoms with Gasteiger partial charge in [-0.25, -0.2) is 8.78 Å². The smallest absolute Gasteiger partial charge is 0.188 e. The van der Waals surface area contributed by atoms with E-state index in [-0.39, 0.29) is 11.4 Å². The van der Waals surface area contributed by atoms with Crippen LogP contribution in [0.4, 0.5) is 8.78 Å². The van der Waals surface area contributed by atoms with E-state index in [0.717, 1.165) is 0 Å². The van der Waals surface area contributed by atoms with Gasteiger partial charge in [0, 0.05) is 0 Å². The van der Waals surface area contributed by atoms with Crippen molar-refractivity contribution in [3.05, 3.63) is 75.8 Å². The highest BCUT2D eigenvalue weighted by Crippen LogP contribution is 2.18. The molecule has 0 atom stereocenters. The molecule has 19 heavy (non-hydrogen) atoms. The number of hydrogen-bond acceptors (Lipinski definition) is 1. The molecule has 96 valence electrons. The molecule has 2 aromatic rings. The van der Waals surface area contributed by atoms with Crippen molar-refractivity contribution < 1.29 is 13.6 Å². The first-order valence-corrected chi connectivity index (χ1v) is 6.29. The van der Waals surface area contributed by atoms with Crippen molar-refractivity contribution in [3.63, 3.8) is 0 Å². The zero-order valence-corrected chi connectivity index (χ0v) is 11.3. The molecule has 2 aromatic carbocycles. The molecule has 0 bridgehead atoms. The van der Waals surface area contributed by atoms with Gasteiger partial charge in [-0.3, -0.25) is 4.79 Å². The predicted octanol–water partition coefficient (Wildman–Crippen LogP) is 4.62. The van der Waals surface area contributed by atoms with E-state index in [0.29, 0.717) is 10.0 Å². The third-order valence-electron chi connectivity index (χ3n) is 2.51. The fraction of sp³-hybridized carbons (Fsp3) is 0. The third kappa shape index (κ3) is 3.35. The molecule has 0 radical (unpaired) electrons. The van der Waals surface area contributed by atoms with Crippen molar-refractivity contribution in [2.24, 2.45) is 0 Å². The minimum absolute atomic E-state index is 0.0138. The first-order chi connectivity index (χ1) is 9.08. The van der Waals surface area contributed by atoms with Crippen LogP contribution in [0.2, 0.25) is 0 Å². The van der Waals surface area contributed by atoms with Crippen LogP contribution in [0.1, 0.15) is 15.9 Å². The molecule has 0 heterocycles. The second-order valence-electron chi connectivity index (χ2n) is 3.85. The van der Waals surface area contributed by atoms with Crippen LogP contribution in [0, 0.1) is 11.6 Å². The van der Waals surface area contributed by atoms with Crippen molar-refractivity contribution >= 4 is 27.8 Å². The molecule has 1 nitrogen and oxygen atoms in total. The maximum Gasteiger partial charge on any atom is 0.188 e. The van der Waals surface area contributed by atoms with Crippen molar-refractivity contribution in [2.75, 3.05) is 0 Å². The van der Waals surface area contributed by atoms with E-state index in [1.54, 1.807) is 12.1 Å². The molecule has 0 spiro atoms. The molecule has 0 aliphatic rings. The van der Waals surface area contributed by atoms with Crippen LogP contribution in [-0.4, -0.2) is 5.78 Å². The maximum absolute atomic E-state index is 13.4. The molecule has 2 rings (SSSR count). The Kier molecular flexibility index (Phi) is 4.22. The maximum atomic E-state index is 13.4. The highest BCUT2D eigenvalue weighted by atomic mass is 79.9. The van der Waals surface area contributed by atoms with Gasteiger partial charge >= 0.3 is 0 Å². The Labute approximate surface area is 117 Å². The van der Waals surface area contributed by atoms with Crippen molar-refractivity contribution in [2.45, 2.75) is 0 Å². The number of allylic oxidation sites excluding steroid dienone is 1. The van der Waals surface area contributed by atoms with Gasteiger partial charge in [0.1, 0.15) is 11.6 Å². The molecular formula is C15H9BrF2O. The van der Waals surface area contributed by atoms with E-state index in [9.17, 15) is 13.6 Å². The summed E-state index contributed by atoms with van der Waals surface area (Å²) < 4.78 is 26.7. The zero-order valence-electron chi connectivity index (χ0n) is 9.74. The van der Waals surface area contributed by atoms with Gasteiger partial charge in [-0.05, 0) is 51.8 Å². The lowest BCUT2D eigenvalue weighted by atomic mass is 10.1. The second kappa shape index (κ2) is 5.89. The monoisotopic (exact) mass is 322 g/mol. The predicted molar refractivity (Wildman–Crippen MR) is 73.9 cm³/mol. The minimum atomic E-state index is -0.558. The first-order valence-electron chi connectivity index (χ1n) is 5.50. The van der Waals surface area contributed by atoms with Gasteiger partial charge in [0.15, 0.2) is 5.78 Å². The van der Waals surface area contributed by atoms with Crippen molar-refractivity contribution in [1.29, 1.82) is 0 Å². The molecule has 0 aliphatic heterocycles. The van der Waals surface area contributed by atoms with E-state index >= 15 is 0 Å². The molecule has 0 saturated heterocycles. The summed E-state index contributed by atoms with van der Waals surface area (Å²) in [5.41, 5.74) is 0.665. The lowest BCUT2D eigenvalue weighted by molar-refractivity contribution is 0.104. The molecule has 4 heteroatoms. The summed E-state index contributed by atoms with van der Waals surface area (Å²) >= 11 is 3.06. The van der Waals surface area contributed by atoms with Crippen molar-refractivity contribution in [3.8, 4) is 0 Å². The number of benzene rings is 2. The number of hydrogen-bond donors (Lipinski definition) is 0. The zero-order chi connectivity index (χ0) is 13.8. The van der Waals surface area contributed by atoms with Crippen LogP contribution >= 0.6 is 15.9 Å². The summed E-state index contributed by atoms with van der Waals surface area (Å²) in [5, 5.41) is 0. The van der Waals surface area contributed by atoms with Crippen LogP contribution in [0.3, 0.4) is 0 Å². The van der Waals surface area contributed by atoms with E-state index < -0.39 is 11.6 Å². The Morgan fingerprint density at radius 3 is 2.47 bits per heavy atom. The summed E-state index contributed by atoms with van der Waals surface area (Å²) in [6.07, 6.45) is 2.77. The Bertz CT molecular complexity index is 650. The van der Waals surface area contributed by atoms with Crippen LogP contribution in [0.25, 0.3) is 6.08 Å². The number of halogens is 3. The molecule has 0 aliphatic carbocycles. The molecule has 0 fully saturated rings. The third-order valence-corrected chi connectivity index (χ3v) is 3.12. The highest BCUT2D eigenvalue weighted by Gasteiger charge is 2.07. The topological polar surface area (TPSA) is 17.1 Å². The number of carbonyl (C=O) groups excluding carboxylic acids is 1. The number of rotatable bonds is 3. The molecule has 0 aromatic heterocycles. The summed E-state index contributed by atoms with van der Waals surface area (Å²) in [7, 11) is 0. The fourth-order valence-electron chi connectivity index (χ4n) is 1.54. The van der Waals surface area contributed by atoms with Crippen molar-refractivity contribution in [1.82, 2.24) is 0 Å². The molecular weight excluding hydrogens is 314 g/mol. The summed E-state index contributed by atoms with van der Waals surface area (Å²) in [6.45, 7) is 0. The molecule has 0 N–H and O–H groups in total. The Morgan fingerprint density at radius 1 is 1.05 bits per heavy atom. The van der Waals surface area contributed by atoms with E-state index in [1.807, 2.05) is 0 Å². The van der Waals surface area contributed by atoms with Crippen LogP contribution in [0.15, 0.2) is 53.0 Å². The van der Waals surface area contributed by atoms with Gasteiger partial charge in [0.05, 0.1) is 10.0 Å². The van der Waals surface area contributed by atoms with Crippen LogP contribution in [0.5, 0.6) is 0 Å². The lowest BCUT2D eigenvalue weighted by Crippen LogP contribution is -1.97. The number of ketones is 1. The molecule has 0 amide bonds. The average Bonchev–Trinajstić information content (AvgIpc) is 2.40. The first kappa shape index (κ1) is 13.6. The van der Waals surface area contributed by atoms with Gasteiger partial charge in [-0.1, -0.05) is 24.3 Å². The normalized spacial score (nSPS) is 10.9. The molecule has 0 unspecified atom stereocenters. The fourth-order valence-corrected chi connectivity index (χ4v) is 1.94. The quantitative estimate of drug-likeness (QED) is 0.595. The van der Waals surface area contributed by atoms with Gasteiger partial charge in [0.25, 0.3) is 0 Å². The van der Waals surface area contributed by atoms with E-state index in [1.165, 1.54) is 42.5 Å². The van der Waals surface area contributed by atoms with Gasteiger partial charge in [-0.15, -0.1) is 0 Å². The standard InChI is InChI=1S/C15H9BrF2O/c16-12-9-10(5-7-14(12)18)6-8-15(19)11-3-1-2-4-13(11)17/h1-9H/b8-6+. The summed E-state index contributed by atoms with van der Waals surface area (Å²) in [6, 6.07) is 10.1. The SMILES string of the molecule is O=C(/C=C/c1ccc(F)c(Br)c1)c1ccccc1F. The van der Waals surface area contributed by atoms with Gasteiger partial charge in [0.2, 0.25) is 0 Å². The number of carbonyl (C=O) groups is 1. The van der Waals surface area contributed by atoms with Gasteiger partial charge < -0.3 is 0 Å². The van der Waals surface area contributed by atoms with Gasteiger partial charge in [-0.2, -0.15) is 0 Å².